The highest BCUT2D eigenvalue weighted by atomic mass is 16.2. The lowest BCUT2D eigenvalue weighted by atomic mass is 10.1. The number of hydrogen-bond acceptors (Lipinski definition) is 3. The molecule has 0 saturated carbocycles. The van der Waals surface area contributed by atoms with Gasteiger partial charge in [0.15, 0.2) is 0 Å². The van der Waals surface area contributed by atoms with Crippen LogP contribution in [0.15, 0.2) is 12.2 Å². The van der Waals surface area contributed by atoms with Gasteiger partial charge in [0, 0.05) is 26.1 Å². The minimum atomic E-state index is 0.131. The van der Waals surface area contributed by atoms with E-state index in [0.29, 0.717) is 13.0 Å². The largest absolute Gasteiger partial charge is 0.396 e. The van der Waals surface area contributed by atoms with Gasteiger partial charge in [0.1, 0.15) is 0 Å². The van der Waals surface area contributed by atoms with Crippen LogP contribution in [0.5, 0.6) is 0 Å². The van der Waals surface area contributed by atoms with Crippen LogP contribution in [0.1, 0.15) is 84.5 Å². The molecular weight excluding hydrogens is 312 g/mol. The Labute approximate surface area is 156 Å². The van der Waals surface area contributed by atoms with Crippen molar-refractivity contribution in [3.05, 3.63) is 12.2 Å². The fourth-order valence-electron chi connectivity index (χ4n) is 2.81. The molecule has 4 nitrogen and oxygen atoms in total. The minimum absolute atomic E-state index is 0.131. The number of rotatable bonds is 18. The molecule has 0 spiro atoms. The maximum atomic E-state index is 11.8. The van der Waals surface area contributed by atoms with E-state index in [-0.39, 0.29) is 5.91 Å². The van der Waals surface area contributed by atoms with E-state index in [1.54, 1.807) is 0 Å². The second-order valence-corrected chi connectivity index (χ2v) is 6.80. The van der Waals surface area contributed by atoms with Crippen LogP contribution >= 0.6 is 0 Å². The molecule has 148 valence electrons. The van der Waals surface area contributed by atoms with Crippen LogP contribution in [-0.4, -0.2) is 48.7 Å². The summed E-state index contributed by atoms with van der Waals surface area (Å²) in [5.74, 6) is 0.131. The molecule has 0 aliphatic rings. The predicted molar refractivity (Wildman–Crippen MR) is 108 cm³/mol. The summed E-state index contributed by atoms with van der Waals surface area (Å²) < 4.78 is 0. The number of nitrogens with one attached hydrogen (secondary N) is 1. The molecule has 0 unspecified atom stereocenters. The molecule has 0 rings (SSSR count). The van der Waals surface area contributed by atoms with E-state index in [4.69, 9.17) is 5.11 Å². The topological polar surface area (TPSA) is 52.6 Å². The number of likely N-dealkylation sites (N-methyl/N-ethyl adjacent to an activating group) is 1. The highest BCUT2D eigenvalue weighted by molar-refractivity contribution is 5.77. The van der Waals surface area contributed by atoms with Crippen LogP contribution in [0, 0.1) is 0 Å². The molecule has 2 N–H and O–H groups in total. The number of allylic oxidation sites excluding steroid dienone is 1. The van der Waals surface area contributed by atoms with Gasteiger partial charge in [-0.25, -0.2) is 0 Å². The molecule has 0 fully saturated rings. The third-order valence-corrected chi connectivity index (χ3v) is 4.52. The van der Waals surface area contributed by atoms with Crippen molar-refractivity contribution in [1.82, 2.24) is 10.2 Å². The van der Waals surface area contributed by atoms with E-state index in [9.17, 15) is 4.79 Å². The number of amides is 1. The van der Waals surface area contributed by atoms with E-state index in [2.05, 4.69) is 30.1 Å². The number of aliphatic hydroxyl groups is 1. The van der Waals surface area contributed by atoms with Crippen molar-refractivity contribution >= 4 is 5.91 Å². The summed E-state index contributed by atoms with van der Waals surface area (Å²) in [5.41, 5.74) is 0. The fourth-order valence-corrected chi connectivity index (χ4v) is 2.81. The van der Waals surface area contributed by atoms with E-state index in [1.165, 1.54) is 44.9 Å². The first-order valence-corrected chi connectivity index (χ1v) is 10.5. The van der Waals surface area contributed by atoms with Crippen LogP contribution in [-0.2, 0) is 4.79 Å². The third-order valence-electron chi connectivity index (χ3n) is 4.52. The van der Waals surface area contributed by atoms with Crippen LogP contribution in [0.25, 0.3) is 0 Å². The first-order chi connectivity index (χ1) is 12.2. The monoisotopic (exact) mass is 354 g/mol. The average Bonchev–Trinajstić information content (AvgIpc) is 2.62. The lowest BCUT2D eigenvalue weighted by molar-refractivity contribution is -0.120. The van der Waals surface area contributed by atoms with E-state index >= 15 is 0 Å². The molecule has 0 aromatic heterocycles. The third kappa shape index (κ3) is 17.7. The molecule has 1 amide bonds. The summed E-state index contributed by atoms with van der Waals surface area (Å²) in [5, 5.41) is 11.8. The highest BCUT2D eigenvalue weighted by Crippen LogP contribution is 2.07. The van der Waals surface area contributed by atoms with Gasteiger partial charge in [-0.15, -0.1) is 0 Å². The average molecular weight is 355 g/mol. The summed E-state index contributed by atoms with van der Waals surface area (Å²) >= 11 is 0. The van der Waals surface area contributed by atoms with E-state index in [0.717, 1.165) is 45.4 Å². The van der Waals surface area contributed by atoms with Gasteiger partial charge in [0.05, 0.1) is 0 Å². The Morgan fingerprint density at radius 1 is 0.920 bits per heavy atom. The van der Waals surface area contributed by atoms with Crippen LogP contribution in [0.4, 0.5) is 0 Å². The van der Waals surface area contributed by atoms with Gasteiger partial charge in [0.2, 0.25) is 5.91 Å². The van der Waals surface area contributed by atoms with E-state index in [1.807, 2.05) is 6.08 Å². The number of carbonyl (C=O) groups is 1. The Morgan fingerprint density at radius 2 is 1.60 bits per heavy atom. The maximum absolute atomic E-state index is 11.8. The second-order valence-electron chi connectivity index (χ2n) is 6.80. The zero-order valence-electron chi connectivity index (χ0n) is 16.8. The molecule has 0 aromatic rings. The molecule has 25 heavy (non-hydrogen) atoms. The van der Waals surface area contributed by atoms with Gasteiger partial charge in [-0.1, -0.05) is 70.9 Å². The molecule has 0 heterocycles. The lowest BCUT2D eigenvalue weighted by Gasteiger charge is -2.20. The molecule has 0 atom stereocenters. The van der Waals surface area contributed by atoms with Crippen LogP contribution in [0.3, 0.4) is 0 Å². The van der Waals surface area contributed by atoms with Gasteiger partial charge in [-0.2, -0.15) is 0 Å². The van der Waals surface area contributed by atoms with Crippen LogP contribution < -0.4 is 5.32 Å². The van der Waals surface area contributed by atoms with Gasteiger partial charge < -0.3 is 15.3 Å². The van der Waals surface area contributed by atoms with Crippen molar-refractivity contribution < 1.29 is 9.90 Å². The van der Waals surface area contributed by atoms with Crippen molar-refractivity contribution in [1.29, 1.82) is 0 Å². The smallest absolute Gasteiger partial charge is 0.223 e. The predicted octanol–water partition coefficient (Wildman–Crippen LogP) is 4.28. The molecule has 0 aliphatic heterocycles. The number of carbonyl (C=O) groups excluding carboxylic acids is 1. The van der Waals surface area contributed by atoms with Crippen molar-refractivity contribution in [2.75, 3.05) is 32.8 Å². The molecule has 0 aliphatic carbocycles. The summed E-state index contributed by atoms with van der Waals surface area (Å²) in [6.45, 7) is 8.56. The van der Waals surface area contributed by atoms with E-state index < -0.39 is 0 Å². The second kappa shape index (κ2) is 19.5. The number of unbranched alkanes of at least 4 members (excludes halogenated alkanes) is 8. The standard InChI is InChI=1S/C21H42N2O2/c1-3-5-6-10-13-16-21(25)22-17-19-23(4-2)18-14-11-8-7-9-12-15-20-24/h10,13,24H,3-9,11-12,14-20H2,1-2H3,(H,22,25)/b13-10+. The van der Waals surface area contributed by atoms with Crippen molar-refractivity contribution in [3.8, 4) is 0 Å². The fraction of sp³-hybridized carbons (Fsp3) is 0.857. The maximum Gasteiger partial charge on any atom is 0.223 e. The SMILES string of the molecule is CCCC/C=C/CC(=O)NCCN(CC)CCCCCCCCCO. The first-order valence-electron chi connectivity index (χ1n) is 10.5. The molecule has 0 aromatic carbocycles. The summed E-state index contributed by atoms with van der Waals surface area (Å²) in [7, 11) is 0. The number of aliphatic hydroxyl groups excluding tert-OH is 1. The normalized spacial score (nSPS) is 11.5. The lowest BCUT2D eigenvalue weighted by Crippen LogP contribution is -2.35. The quantitative estimate of drug-likeness (QED) is 0.285. The number of nitrogens with zero attached hydrogens (tertiary/aromatic N) is 1. The summed E-state index contributed by atoms with van der Waals surface area (Å²) in [6.07, 6.45) is 16.5. The van der Waals surface area contributed by atoms with Crippen molar-refractivity contribution in [2.45, 2.75) is 84.5 Å². The van der Waals surface area contributed by atoms with Crippen LogP contribution in [0.2, 0.25) is 0 Å². The zero-order chi connectivity index (χ0) is 18.6. The Morgan fingerprint density at radius 3 is 2.24 bits per heavy atom. The van der Waals surface area contributed by atoms with Gasteiger partial charge in [0.25, 0.3) is 0 Å². The first kappa shape index (κ1) is 24.1. The van der Waals surface area contributed by atoms with Gasteiger partial charge in [-0.3, -0.25) is 4.79 Å². The Kier molecular flexibility index (Phi) is 18.8. The number of hydrogen-bond donors (Lipinski definition) is 2. The van der Waals surface area contributed by atoms with Gasteiger partial charge >= 0.3 is 0 Å². The zero-order valence-corrected chi connectivity index (χ0v) is 16.8. The Bertz CT molecular complexity index is 319. The molecule has 0 bridgehead atoms. The molecule has 4 heteroatoms. The Balaban J connectivity index is 3.54. The molecule has 0 saturated heterocycles. The van der Waals surface area contributed by atoms with Crippen molar-refractivity contribution in [3.63, 3.8) is 0 Å². The molecule has 0 radical (unpaired) electrons. The minimum Gasteiger partial charge on any atom is -0.396 e. The van der Waals surface area contributed by atoms with Crippen molar-refractivity contribution in [2.24, 2.45) is 0 Å². The molecular formula is C21H42N2O2. The highest BCUT2D eigenvalue weighted by Gasteiger charge is 2.03. The summed E-state index contributed by atoms with van der Waals surface area (Å²) in [4.78, 5) is 14.2. The summed E-state index contributed by atoms with van der Waals surface area (Å²) in [6, 6.07) is 0. The Hall–Kier alpha value is -0.870. The van der Waals surface area contributed by atoms with Gasteiger partial charge in [-0.05, 0) is 32.4 Å².